The van der Waals surface area contributed by atoms with Crippen molar-refractivity contribution in [1.29, 1.82) is 0 Å². The van der Waals surface area contributed by atoms with Crippen molar-refractivity contribution in [3.8, 4) is 0 Å². The van der Waals surface area contributed by atoms with E-state index in [0.29, 0.717) is 6.04 Å². The lowest BCUT2D eigenvalue weighted by Crippen LogP contribution is -2.71. The van der Waals surface area contributed by atoms with Gasteiger partial charge < -0.3 is 140 Å². The Hall–Kier alpha value is -2.37. The van der Waals surface area contributed by atoms with Gasteiger partial charge in [0.05, 0.1) is 45.2 Å². The van der Waals surface area contributed by atoms with Gasteiger partial charge in [0, 0.05) is 34.9 Å². The molecule has 0 bridgehead atoms. The predicted octanol–water partition coefficient (Wildman–Crippen LogP) is -10.1. The lowest BCUT2D eigenvalue weighted by Gasteiger charge is -2.51. The monoisotopic (exact) mass is 1100 g/mol. The molecule has 32 heteroatoms. The van der Waals surface area contributed by atoms with Crippen molar-refractivity contribution in [1.82, 2.24) is 10.6 Å². The molecule has 5 fully saturated rings. The SMILES string of the molecule is CC(=O)N[C@@H]1[C@H](O[C@H]2[C@@H](O)[C@@H](CO)O[C@@H](O[C@H]3[C@H](O)[C@@H](O)[C@H](OCC[Si](C)(C)C)O[C@@H]3CO)[C@@H]2O)O[C@H](CO)[C@@H](O[C@@H]2O[C@H](CO)[C@H](O)[C@H](O[C@]3(C(=O)O)C[C@H](O)[C@@H](NC(C)=O)[C@H]([C@H](O)[C@H](O)CO)O3)[C@H]2O)[C@@H]1O. The van der Waals surface area contributed by atoms with Gasteiger partial charge in [0.25, 0.3) is 5.79 Å². The summed E-state index contributed by atoms with van der Waals surface area (Å²) in [5.74, 6) is -6.89. The summed E-state index contributed by atoms with van der Waals surface area (Å²) in [6, 6.07) is -2.79. The first-order valence-corrected chi connectivity index (χ1v) is 27.6. The summed E-state index contributed by atoms with van der Waals surface area (Å²) < 4.78 is 57.5. The van der Waals surface area contributed by atoms with Crippen LogP contribution in [0.3, 0.4) is 0 Å². The van der Waals surface area contributed by atoms with Crippen LogP contribution in [0.15, 0.2) is 0 Å². The predicted molar refractivity (Wildman–Crippen MR) is 239 cm³/mol. The first-order chi connectivity index (χ1) is 34.7. The minimum absolute atomic E-state index is 0.158. The fraction of sp³-hybridized carbons (Fsp3) is 0.929. The van der Waals surface area contributed by atoms with Gasteiger partial charge in [0.1, 0.15) is 116 Å². The zero-order valence-corrected chi connectivity index (χ0v) is 42.1. The number of carbonyl (C=O) groups excluding carboxylic acids is 2. The highest BCUT2D eigenvalue weighted by Gasteiger charge is 2.61. The summed E-state index contributed by atoms with van der Waals surface area (Å²) in [5.41, 5.74) is 0. The van der Waals surface area contributed by atoms with Crippen molar-refractivity contribution >= 4 is 25.9 Å². The molecule has 26 atom stereocenters. The van der Waals surface area contributed by atoms with E-state index in [4.69, 9.17) is 47.4 Å². The average Bonchev–Trinajstić information content (AvgIpc) is 3.33. The van der Waals surface area contributed by atoms with E-state index < -0.39 is 224 Å². The van der Waals surface area contributed by atoms with Crippen molar-refractivity contribution < 1.29 is 143 Å². The molecule has 18 N–H and O–H groups in total. The summed E-state index contributed by atoms with van der Waals surface area (Å²) in [7, 11) is -1.61. The van der Waals surface area contributed by atoms with E-state index in [2.05, 4.69) is 30.3 Å². The van der Waals surface area contributed by atoms with Crippen LogP contribution in [0.25, 0.3) is 0 Å². The van der Waals surface area contributed by atoms with Crippen LogP contribution in [0.4, 0.5) is 0 Å². The number of aliphatic hydroxyl groups excluding tert-OH is 15. The van der Waals surface area contributed by atoms with E-state index in [0.717, 1.165) is 13.8 Å². The van der Waals surface area contributed by atoms with Crippen LogP contribution < -0.4 is 10.6 Å². The molecule has 0 saturated carbocycles. The number of rotatable bonds is 22. The first-order valence-electron chi connectivity index (χ1n) is 23.9. The highest BCUT2D eigenvalue weighted by atomic mass is 28.3. The van der Waals surface area contributed by atoms with Crippen LogP contribution in [0.5, 0.6) is 0 Å². The second-order valence-corrected chi connectivity index (χ2v) is 25.6. The third-order valence-electron chi connectivity index (χ3n) is 13.2. The van der Waals surface area contributed by atoms with Gasteiger partial charge >= 0.3 is 5.97 Å². The van der Waals surface area contributed by atoms with Crippen molar-refractivity contribution in [2.45, 2.75) is 205 Å². The number of nitrogens with one attached hydrogen (secondary N) is 2. The van der Waals surface area contributed by atoms with Gasteiger partial charge in [0.2, 0.25) is 11.8 Å². The Bertz CT molecular complexity index is 1810. The average molecular weight is 1100 g/mol. The maximum absolute atomic E-state index is 13.0. The van der Waals surface area contributed by atoms with Gasteiger partial charge in [0.15, 0.2) is 25.2 Å². The van der Waals surface area contributed by atoms with Crippen LogP contribution in [0, 0.1) is 0 Å². The normalized spacial score (nSPS) is 44.0. The fourth-order valence-corrected chi connectivity index (χ4v) is 9.87. The molecule has 0 aromatic rings. The molecule has 5 rings (SSSR count). The molecule has 0 aromatic heterocycles. The molecule has 2 amide bonds. The Balaban J connectivity index is 1.38. The topological polar surface area (TPSA) is 491 Å². The number of carbonyl (C=O) groups is 3. The molecule has 5 aliphatic rings. The van der Waals surface area contributed by atoms with E-state index in [9.17, 15) is 96.1 Å². The number of carboxylic acids is 1. The van der Waals surface area contributed by atoms with Crippen LogP contribution >= 0.6 is 0 Å². The molecule has 5 saturated heterocycles. The second-order valence-electron chi connectivity index (χ2n) is 20.0. The van der Waals surface area contributed by atoms with Gasteiger partial charge in [-0.3, -0.25) is 9.59 Å². The van der Waals surface area contributed by atoms with E-state index >= 15 is 0 Å². The van der Waals surface area contributed by atoms with Crippen LogP contribution in [-0.2, 0) is 61.8 Å². The van der Waals surface area contributed by atoms with E-state index in [-0.39, 0.29) is 6.61 Å². The molecule has 430 valence electrons. The molecule has 5 heterocycles. The highest BCUT2D eigenvalue weighted by molar-refractivity contribution is 6.76. The van der Waals surface area contributed by atoms with Gasteiger partial charge in [-0.1, -0.05) is 19.6 Å². The molecular weight excluding hydrogens is 1020 g/mol. The Morgan fingerprint density at radius 2 is 1.05 bits per heavy atom. The summed E-state index contributed by atoms with van der Waals surface area (Å²) in [6.45, 7) is 3.33. The molecule has 0 radical (unpaired) electrons. The molecule has 74 heavy (non-hydrogen) atoms. The number of aliphatic hydroxyl groups is 15. The summed E-state index contributed by atoms with van der Waals surface area (Å²) in [4.78, 5) is 37.6. The Kier molecular flexibility index (Phi) is 22.4. The van der Waals surface area contributed by atoms with E-state index in [1.165, 1.54) is 0 Å². The third kappa shape index (κ3) is 14.3. The van der Waals surface area contributed by atoms with Gasteiger partial charge in [-0.15, -0.1) is 0 Å². The summed E-state index contributed by atoms with van der Waals surface area (Å²) in [5, 5.41) is 178. The summed E-state index contributed by atoms with van der Waals surface area (Å²) in [6.07, 6.45) is -45.7. The number of hydrogen-bond donors (Lipinski definition) is 18. The first kappa shape index (κ1) is 62.5. The second kappa shape index (κ2) is 26.5. The van der Waals surface area contributed by atoms with Gasteiger partial charge in [-0.2, -0.15) is 0 Å². The Morgan fingerprint density at radius 1 is 0.595 bits per heavy atom. The number of amides is 2. The van der Waals surface area contributed by atoms with Crippen LogP contribution in [-0.4, -0.2) is 306 Å². The maximum Gasteiger partial charge on any atom is 0.364 e. The van der Waals surface area contributed by atoms with Crippen molar-refractivity contribution in [2.24, 2.45) is 0 Å². The standard InChI is InChI=1S/C42H74N2O29Si/c1-14(50)43-22-16(52)8-42(41(62)63,72-34(22)24(54)17(53)9-45)73-36-26(56)19(11-47)66-40(31(36)61)69-32-20(12-48)67-37(23(27(32)57)44-15(2)51)71-35-25(55)18(10-46)65-39(30(35)60)70-33-21(13-49)68-38(29(59)28(33)58)64-6-7-74(3,4)5/h16-40,45-49,52-61H,6-13H2,1-5H3,(H,43,50)(H,44,51)(H,62,63)/t16-,17+,18+,19+,20+,21+,22+,23-,24+,25-,26-,27+,28+,29+,30+,31+,32+,33+,34+,35-,36-,37-,38+,39-,40-,42-/m0/s1. The number of hydrogen-bond acceptors (Lipinski definition) is 28. The van der Waals surface area contributed by atoms with Gasteiger partial charge in [-0.25, -0.2) is 4.79 Å². The number of carboxylic acid groups (broad SMARTS) is 1. The quantitative estimate of drug-likeness (QED) is 0.0448. The lowest BCUT2D eigenvalue weighted by atomic mass is 9.88. The zero-order chi connectivity index (χ0) is 55.3. The number of aliphatic carboxylic acids is 1. The van der Waals surface area contributed by atoms with Crippen LogP contribution in [0.1, 0.15) is 20.3 Å². The largest absolute Gasteiger partial charge is 0.477 e. The van der Waals surface area contributed by atoms with E-state index in [1.807, 2.05) is 0 Å². The molecule has 0 unspecified atom stereocenters. The molecule has 31 nitrogen and oxygen atoms in total. The lowest BCUT2D eigenvalue weighted by molar-refractivity contribution is -0.390. The number of ether oxygens (including phenoxy) is 10. The molecule has 5 aliphatic heterocycles. The molecule has 0 aromatic carbocycles. The highest BCUT2D eigenvalue weighted by Crippen LogP contribution is 2.39. The van der Waals surface area contributed by atoms with Crippen LogP contribution in [0.2, 0.25) is 25.7 Å². The van der Waals surface area contributed by atoms with E-state index in [1.54, 1.807) is 0 Å². The maximum atomic E-state index is 13.0. The van der Waals surface area contributed by atoms with Crippen molar-refractivity contribution in [2.75, 3.05) is 39.6 Å². The summed E-state index contributed by atoms with van der Waals surface area (Å²) >= 11 is 0. The van der Waals surface area contributed by atoms with Crippen molar-refractivity contribution in [3.63, 3.8) is 0 Å². The molecule has 0 spiro atoms. The fourth-order valence-electron chi connectivity index (χ4n) is 9.14. The minimum atomic E-state index is -3.17. The zero-order valence-electron chi connectivity index (χ0n) is 41.1. The smallest absolute Gasteiger partial charge is 0.364 e. The van der Waals surface area contributed by atoms with Gasteiger partial charge in [-0.05, 0) is 6.04 Å². The molecular formula is C42H74N2O29Si. The Labute approximate surface area is 423 Å². The van der Waals surface area contributed by atoms with Crippen molar-refractivity contribution in [3.05, 3.63) is 0 Å². The Morgan fingerprint density at radius 3 is 1.54 bits per heavy atom. The third-order valence-corrected chi connectivity index (χ3v) is 14.9. The minimum Gasteiger partial charge on any atom is -0.477 e. The molecule has 0 aliphatic carbocycles.